The summed E-state index contributed by atoms with van der Waals surface area (Å²) in [7, 11) is 0. The van der Waals surface area contributed by atoms with E-state index in [9.17, 15) is 50.9 Å². The molecule has 3 aromatic rings. The van der Waals surface area contributed by atoms with E-state index in [0.717, 1.165) is 36.4 Å². The zero-order valence-corrected chi connectivity index (χ0v) is 18.8. The predicted octanol–water partition coefficient (Wildman–Crippen LogP) is 6.05. The van der Waals surface area contributed by atoms with Gasteiger partial charge in [-0.3, -0.25) is 14.5 Å². The maximum Gasteiger partial charge on any atom is 0.416 e. The molecule has 1 unspecified atom stereocenters. The maximum atomic E-state index is 13.5. The van der Waals surface area contributed by atoms with Crippen LogP contribution in [0, 0.1) is 0 Å². The summed E-state index contributed by atoms with van der Waals surface area (Å²) in [5, 5.41) is 20.3. The van der Waals surface area contributed by atoms with Crippen molar-refractivity contribution in [2.24, 2.45) is 0 Å². The van der Waals surface area contributed by atoms with Gasteiger partial charge in [0.25, 0.3) is 11.7 Å². The molecule has 0 spiro atoms. The highest BCUT2D eigenvalue weighted by atomic mass is 19.4. The number of carbonyl (C=O) groups excluding carboxylic acids is 2. The van der Waals surface area contributed by atoms with E-state index < -0.39 is 64.1 Å². The van der Waals surface area contributed by atoms with Crippen molar-refractivity contribution in [3.8, 4) is 0 Å². The third-order valence-corrected chi connectivity index (χ3v) is 5.81. The van der Waals surface area contributed by atoms with E-state index in [4.69, 9.17) is 0 Å². The van der Waals surface area contributed by atoms with Crippen LogP contribution in [0.25, 0.3) is 5.76 Å². The lowest BCUT2D eigenvalue weighted by Gasteiger charge is -2.26. The minimum absolute atomic E-state index is 0.197. The quantitative estimate of drug-likeness (QED) is 0.184. The van der Waals surface area contributed by atoms with Gasteiger partial charge in [0, 0.05) is 11.3 Å². The van der Waals surface area contributed by atoms with E-state index >= 15 is 0 Å². The first kappa shape index (κ1) is 26.5. The van der Waals surface area contributed by atoms with Gasteiger partial charge in [0.2, 0.25) is 0 Å². The third kappa shape index (κ3) is 4.84. The molecule has 4 rings (SSSR count). The van der Waals surface area contributed by atoms with Gasteiger partial charge in [-0.1, -0.05) is 30.3 Å². The summed E-state index contributed by atoms with van der Waals surface area (Å²) < 4.78 is 80.1. The Balaban J connectivity index is 1.99. The Hall–Kier alpha value is -4.61. The van der Waals surface area contributed by atoms with Crippen LogP contribution >= 0.6 is 0 Å². The number of hydrogen-bond donors (Lipinski definition) is 2. The normalized spacial score (nSPS) is 17.6. The van der Waals surface area contributed by atoms with Crippen LogP contribution in [-0.2, 0) is 21.9 Å². The van der Waals surface area contributed by atoms with Gasteiger partial charge < -0.3 is 10.2 Å². The zero-order chi connectivity index (χ0) is 28.0. The number of amides is 1. The number of alkyl halides is 6. The Kier molecular flexibility index (Phi) is 6.52. The summed E-state index contributed by atoms with van der Waals surface area (Å²) in [6.45, 7) is 0. The van der Waals surface area contributed by atoms with Gasteiger partial charge in [0.1, 0.15) is 5.76 Å². The van der Waals surface area contributed by atoms with Crippen LogP contribution < -0.4 is 4.90 Å². The van der Waals surface area contributed by atoms with Crippen LogP contribution in [0.3, 0.4) is 0 Å². The van der Waals surface area contributed by atoms with Gasteiger partial charge in [-0.2, -0.15) is 26.3 Å². The first-order valence-corrected chi connectivity index (χ1v) is 10.7. The van der Waals surface area contributed by atoms with Crippen molar-refractivity contribution in [2.75, 3.05) is 4.90 Å². The molecule has 0 radical (unpaired) electrons. The molecule has 0 aliphatic carbocycles. The highest BCUT2D eigenvalue weighted by Crippen LogP contribution is 2.44. The van der Waals surface area contributed by atoms with E-state index in [1.807, 2.05) is 0 Å². The number of nitrogens with zero attached hydrogens (tertiary/aromatic N) is 1. The first-order chi connectivity index (χ1) is 17.7. The largest absolute Gasteiger partial charge is 0.507 e. The van der Waals surface area contributed by atoms with Gasteiger partial charge in [0.15, 0.2) is 0 Å². The van der Waals surface area contributed by atoms with Gasteiger partial charge >= 0.3 is 18.3 Å². The van der Waals surface area contributed by atoms with E-state index in [0.29, 0.717) is 23.1 Å². The second-order valence-corrected chi connectivity index (χ2v) is 8.23. The van der Waals surface area contributed by atoms with Crippen LogP contribution in [0.15, 0.2) is 78.4 Å². The minimum Gasteiger partial charge on any atom is -0.507 e. The number of aromatic carboxylic acids is 1. The summed E-state index contributed by atoms with van der Waals surface area (Å²) in [6.07, 6.45) is -9.65. The van der Waals surface area contributed by atoms with Gasteiger partial charge in [-0.05, 0) is 48.0 Å². The number of Topliss-reactive ketones (excluding diaryl/α,β-unsaturated/α-hetero) is 1. The molecule has 38 heavy (non-hydrogen) atoms. The smallest absolute Gasteiger partial charge is 0.416 e. The number of hydrogen-bond acceptors (Lipinski definition) is 4. The average Bonchev–Trinajstić information content (AvgIpc) is 3.13. The molecule has 6 nitrogen and oxygen atoms in total. The average molecular weight is 535 g/mol. The molecule has 3 aromatic carbocycles. The zero-order valence-electron chi connectivity index (χ0n) is 18.8. The number of anilines is 1. The van der Waals surface area contributed by atoms with Crippen molar-refractivity contribution >= 4 is 29.1 Å². The first-order valence-electron chi connectivity index (χ1n) is 10.7. The lowest BCUT2D eigenvalue weighted by Crippen LogP contribution is -2.29. The number of carbonyl (C=O) groups is 3. The van der Waals surface area contributed by atoms with Crippen LogP contribution in [0.1, 0.15) is 38.7 Å². The second kappa shape index (κ2) is 9.36. The Bertz CT molecular complexity index is 1490. The molecule has 2 N–H and O–H groups in total. The molecular formula is C26H15F6NO5. The summed E-state index contributed by atoms with van der Waals surface area (Å²) in [6, 6.07) is 9.60. The number of rotatable bonds is 4. The van der Waals surface area contributed by atoms with Gasteiger partial charge in [0.05, 0.1) is 28.3 Å². The predicted molar refractivity (Wildman–Crippen MR) is 121 cm³/mol. The van der Waals surface area contributed by atoms with Crippen molar-refractivity contribution in [2.45, 2.75) is 18.4 Å². The number of benzene rings is 3. The summed E-state index contributed by atoms with van der Waals surface area (Å²) in [5.41, 5.74) is -4.42. The Morgan fingerprint density at radius 2 is 1.29 bits per heavy atom. The van der Waals surface area contributed by atoms with E-state index in [-0.39, 0.29) is 16.8 Å². The summed E-state index contributed by atoms with van der Waals surface area (Å²) >= 11 is 0. The SMILES string of the molecule is O=C1C(=O)N(c2cccc(C(=O)O)c2)C(c2cccc(C(F)(F)F)c2)C1=C(O)c1cccc(C(F)(F)F)c1. The molecule has 1 fully saturated rings. The van der Waals surface area contributed by atoms with Crippen LogP contribution in [-0.4, -0.2) is 27.9 Å². The molecule has 196 valence electrons. The van der Waals surface area contributed by atoms with E-state index in [1.165, 1.54) is 18.2 Å². The summed E-state index contributed by atoms with van der Waals surface area (Å²) in [5.74, 6) is -5.16. The Labute approximate surface area is 210 Å². The highest BCUT2D eigenvalue weighted by Gasteiger charge is 2.47. The molecule has 1 atom stereocenters. The molecule has 0 saturated carbocycles. The monoisotopic (exact) mass is 535 g/mol. The molecule has 1 aliphatic rings. The molecule has 1 aliphatic heterocycles. The molecule has 12 heteroatoms. The van der Waals surface area contributed by atoms with E-state index in [1.54, 1.807) is 0 Å². The molecular weight excluding hydrogens is 520 g/mol. The Morgan fingerprint density at radius 1 is 0.737 bits per heavy atom. The van der Waals surface area contributed by atoms with Crippen molar-refractivity contribution in [1.29, 1.82) is 0 Å². The fraction of sp³-hybridized carbons (Fsp3) is 0.115. The number of aliphatic hydroxyl groups is 1. The molecule has 1 heterocycles. The van der Waals surface area contributed by atoms with Crippen LogP contribution in [0.5, 0.6) is 0 Å². The lowest BCUT2D eigenvalue weighted by molar-refractivity contribution is -0.138. The number of aliphatic hydroxyl groups excluding tert-OH is 1. The fourth-order valence-electron chi connectivity index (χ4n) is 4.09. The minimum atomic E-state index is -4.83. The number of ketones is 1. The molecule has 0 bridgehead atoms. The number of carboxylic acids is 1. The number of carboxylic acid groups (broad SMARTS) is 1. The Morgan fingerprint density at radius 3 is 1.89 bits per heavy atom. The van der Waals surface area contributed by atoms with Crippen molar-refractivity contribution < 1.29 is 50.9 Å². The van der Waals surface area contributed by atoms with Crippen molar-refractivity contribution in [3.63, 3.8) is 0 Å². The maximum absolute atomic E-state index is 13.5. The van der Waals surface area contributed by atoms with Gasteiger partial charge in [-0.15, -0.1) is 0 Å². The molecule has 0 aromatic heterocycles. The van der Waals surface area contributed by atoms with Crippen LogP contribution in [0.2, 0.25) is 0 Å². The fourth-order valence-corrected chi connectivity index (χ4v) is 4.09. The lowest BCUT2D eigenvalue weighted by atomic mass is 9.93. The van der Waals surface area contributed by atoms with Crippen molar-refractivity contribution in [1.82, 2.24) is 0 Å². The van der Waals surface area contributed by atoms with E-state index in [2.05, 4.69) is 0 Å². The van der Waals surface area contributed by atoms with Gasteiger partial charge in [-0.25, -0.2) is 4.79 Å². The highest BCUT2D eigenvalue weighted by molar-refractivity contribution is 6.51. The number of halogens is 6. The van der Waals surface area contributed by atoms with Crippen molar-refractivity contribution in [3.05, 3.63) is 106 Å². The van der Waals surface area contributed by atoms with Crippen LogP contribution in [0.4, 0.5) is 32.0 Å². The second-order valence-electron chi connectivity index (χ2n) is 8.23. The molecule has 1 amide bonds. The third-order valence-electron chi connectivity index (χ3n) is 5.81. The molecule has 1 saturated heterocycles. The summed E-state index contributed by atoms with van der Waals surface area (Å²) in [4.78, 5) is 38.4. The standard InChI is InChI=1S/C26H15F6NO5/c27-25(28,29)16-7-1-4-13(10-16)20-19(21(34)14-5-2-8-17(11-14)26(30,31)32)22(35)23(36)33(20)18-9-3-6-15(12-18)24(37)38/h1-12,20,34H,(H,37,38). The topological polar surface area (TPSA) is 94.9 Å².